The van der Waals surface area contributed by atoms with Crippen molar-refractivity contribution in [2.75, 3.05) is 0 Å². The summed E-state index contributed by atoms with van der Waals surface area (Å²) in [6.07, 6.45) is 1.89. The summed E-state index contributed by atoms with van der Waals surface area (Å²) in [5.41, 5.74) is 1.90. The predicted molar refractivity (Wildman–Crippen MR) is 81.9 cm³/mol. The van der Waals surface area contributed by atoms with Crippen LogP contribution in [0.25, 0.3) is 11.4 Å². The summed E-state index contributed by atoms with van der Waals surface area (Å²) in [7, 11) is 0. The van der Waals surface area contributed by atoms with E-state index in [4.69, 9.17) is 11.6 Å². The van der Waals surface area contributed by atoms with Gasteiger partial charge in [0.25, 0.3) is 0 Å². The third kappa shape index (κ3) is 2.92. The van der Waals surface area contributed by atoms with Gasteiger partial charge < -0.3 is 0 Å². The zero-order valence-corrected chi connectivity index (χ0v) is 13.7. The van der Waals surface area contributed by atoms with Crippen molar-refractivity contribution in [1.29, 1.82) is 0 Å². The fourth-order valence-electron chi connectivity index (χ4n) is 1.63. The zero-order valence-electron chi connectivity index (χ0n) is 9.75. The molecule has 1 aromatic heterocycles. The maximum atomic E-state index is 6.14. The van der Waals surface area contributed by atoms with Crippen LogP contribution in [0.5, 0.6) is 0 Å². The lowest BCUT2D eigenvalue weighted by Gasteiger charge is -2.08. The van der Waals surface area contributed by atoms with E-state index in [1.165, 1.54) is 0 Å². The van der Waals surface area contributed by atoms with Gasteiger partial charge in [-0.3, -0.25) is 0 Å². The second-order valence-corrected chi connectivity index (χ2v) is 5.83. The molecule has 0 unspecified atom stereocenters. The molecule has 0 saturated heterocycles. The molecule has 0 atom stereocenters. The summed E-state index contributed by atoms with van der Waals surface area (Å²) in [5, 5.41) is 0.458. The number of aromatic nitrogens is 2. The molecule has 0 aliphatic carbocycles. The molecule has 2 aromatic rings. The maximum Gasteiger partial charge on any atom is 0.162 e. The van der Waals surface area contributed by atoms with Gasteiger partial charge in [0.1, 0.15) is 5.15 Å². The monoisotopic (exact) mass is 388 g/mol. The molecule has 1 aromatic carbocycles. The van der Waals surface area contributed by atoms with Gasteiger partial charge in [-0.15, -0.1) is 0 Å². The molecule has 2 rings (SSSR count). The smallest absolute Gasteiger partial charge is 0.162 e. The standard InChI is InChI=1S/C13H11Br2ClN2/c1-2-5-10-11(15)12(16)18-13(17-10)8-6-3-4-7-9(8)14/h3-4,6-7H,2,5H2,1H3. The second kappa shape index (κ2) is 6.13. The molecule has 0 aliphatic heterocycles. The van der Waals surface area contributed by atoms with Crippen LogP contribution in [0.2, 0.25) is 5.15 Å². The first-order valence-corrected chi connectivity index (χ1v) is 7.56. The average molecular weight is 391 g/mol. The largest absolute Gasteiger partial charge is 0.232 e. The van der Waals surface area contributed by atoms with Gasteiger partial charge in [-0.2, -0.15) is 0 Å². The Kier molecular flexibility index (Phi) is 4.76. The minimum Gasteiger partial charge on any atom is -0.232 e. The SMILES string of the molecule is CCCc1nc(-c2ccccc2Br)nc(Cl)c1Br. The maximum absolute atomic E-state index is 6.14. The molecule has 0 bridgehead atoms. The molecular formula is C13H11Br2ClN2. The zero-order chi connectivity index (χ0) is 13.1. The van der Waals surface area contributed by atoms with Gasteiger partial charge in [0, 0.05) is 10.0 Å². The molecule has 94 valence electrons. The number of hydrogen-bond acceptors (Lipinski definition) is 2. The van der Waals surface area contributed by atoms with Crippen LogP contribution < -0.4 is 0 Å². The molecule has 0 spiro atoms. The molecule has 5 heteroatoms. The fraction of sp³-hybridized carbons (Fsp3) is 0.231. The Bertz CT molecular complexity index is 573. The second-order valence-electron chi connectivity index (χ2n) is 3.83. The molecule has 0 aliphatic rings. The van der Waals surface area contributed by atoms with E-state index in [0.717, 1.165) is 33.0 Å². The van der Waals surface area contributed by atoms with Crippen LogP contribution in [0, 0.1) is 0 Å². The Hall–Kier alpha value is -0.450. The van der Waals surface area contributed by atoms with Gasteiger partial charge >= 0.3 is 0 Å². The number of aryl methyl sites for hydroxylation is 1. The van der Waals surface area contributed by atoms with Crippen molar-refractivity contribution < 1.29 is 0 Å². The van der Waals surface area contributed by atoms with Crippen molar-refractivity contribution in [2.24, 2.45) is 0 Å². The number of halogens is 3. The lowest BCUT2D eigenvalue weighted by Crippen LogP contribution is -1.98. The van der Waals surface area contributed by atoms with E-state index in [-0.39, 0.29) is 0 Å². The van der Waals surface area contributed by atoms with Crippen LogP contribution in [-0.2, 0) is 6.42 Å². The van der Waals surface area contributed by atoms with Gasteiger partial charge in [0.2, 0.25) is 0 Å². The van der Waals surface area contributed by atoms with Gasteiger partial charge in [0.05, 0.1) is 10.2 Å². The van der Waals surface area contributed by atoms with Gasteiger partial charge in [0.15, 0.2) is 5.82 Å². The predicted octanol–water partition coefficient (Wildman–Crippen LogP) is 5.27. The summed E-state index contributed by atoms with van der Waals surface area (Å²) in [5.74, 6) is 0.652. The Morgan fingerprint density at radius 1 is 1.17 bits per heavy atom. The van der Waals surface area contributed by atoms with Crippen LogP contribution in [0.1, 0.15) is 19.0 Å². The van der Waals surface area contributed by atoms with E-state index >= 15 is 0 Å². The average Bonchev–Trinajstić information content (AvgIpc) is 2.35. The molecule has 0 fully saturated rings. The van der Waals surface area contributed by atoms with Crippen LogP contribution in [0.4, 0.5) is 0 Å². The third-order valence-corrected chi connectivity index (χ3v) is 4.51. The van der Waals surface area contributed by atoms with Crippen molar-refractivity contribution in [2.45, 2.75) is 19.8 Å². The molecule has 0 saturated carbocycles. The molecule has 1 heterocycles. The molecule has 0 radical (unpaired) electrons. The van der Waals surface area contributed by atoms with E-state index in [0.29, 0.717) is 11.0 Å². The van der Waals surface area contributed by atoms with Crippen LogP contribution in [-0.4, -0.2) is 9.97 Å². The van der Waals surface area contributed by atoms with E-state index in [9.17, 15) is 0 Å². The van der Waals surface area contributed by atoms with Gasteiger partial charge in [-0.25, -0.2) is 9.97 Å². The highest BCUT2D eigenvalue weighted by Crippen LogP contribution is 2.30. The number of nitrogens with zero attached hydrogens (tertiary/aromatic N) is 2. The summed E-state index contributed by atoms with van der Waals surface area (Å²) >= 11 is 13.1. The number of rotatable bonds is 3. The van der Waals surface area contributed by atoms with E-state index in [1.807, 2.05) is 24.3 Å². The third-order valence-electron chi connectivity index (χ3n) is 2.48. The first-order valence-electron chi connectivity index (χ1n) is 5.60. The summed E-state index contributed by atoms with van der Waals surface area (Å²) < 4.78 is 1.76. The Morgan fingerprint density at radius 3 is 2.56 bits per heavy atom. The lowest BCUT2D eigenvalue weighted by atomic mass is 10.2. The summed E-state index contributed by atoms with van der Waals surface area (Å²) in [4.78, 5) is 8.91. The van der Waals surface area contributed by atoms with Crippen molar-refractivity contribution in [1.82, 2.24) is 9.97 Å². The molecule has 0 N–H and O–H groups in total. The van der Waals surface area contributed by atoms with Crippen molar-refractivity contribution in [3.05, 3.63) is 44.1 Å². The minimum atomic E-state index is 0.458. The number of benzene rings is 1. The molecule has 2 nitrogen and oxygen atoms in total. The first-order chi connectivity index (χ1) is 8.63. The fourth-order valence-corrected chi connectivity index (χ4v) is 2.66. The van der Waals surface area contributed by atoms with Crippen LogP contribution in [0.3, 0.4) is 0 Å². The highest BCUT2D eigenvalue weighted by atomic mass is 79.9. The molecule has 0 amide bonds. The topological polar surface area (TPSA) is 25.8 Å². The van der Waals surface area contributed by atoms with Crippen molar-refractivity contribution >= 4 is 43.5 Å². The van der Waals surface area contributed by atoms with Gasteiger partial charge in [-0.05, 0) is 28.4 Å². The lowest BCUT2D eigenvalue weighted by molar-refractivity contribution is 0.868. The summed E-state index contributed by atoms with van der Waals surface area (Å²) in [6, 6.07) is 7.85. The van der Waals surface area contributed by atoms with Gasteiger partial charge in [-0.1, -0.05) is 59.1 Å². The van der Waals surface area contributed by atoms with E-state index in [1.54, 1.807) is 0 Å². The quantitative estimate of drug-likeness (QED) is 0.667. The van der Waals surface area contributed by atoms with E-state index in [2.05, 4.69) is 48.8 Å². The van der Waals surface area contributed by atoms with E-state index < -0.39 is 0 Å². The molecule has 18 heavy (non-hydrogen) atoms. The first kappa shape index (κ1) is 14.0. The van der Waals surface area contributed by atoms with Crippen molar-refractivity contribution in [3.63, 3.8) is 0 Å². The Balaban J connectivity index is 2.56. The highest BCUT2D eigenvalue weighted by Gasteiger charge is 2.13. The normalized spacial score (nSPS) is 10.7. The van der Waals surface area contributed by atoms with Crippen LogP contribution in [0.15, 0.2) is 33.2 Å². The Morgan fingerprint density at radius 2 is 1.89 bits per heavy atom. The Labute approximate surface area is 128 Å². The van der Waals surface area contributed by atoms with Crippen molar-refractivity contribution in [3.8, 4) is 11.4 Å². The highest BCUT2D eigenvalue weighted by molar-refractivity contribution is 9.11. The minimum absolute atomic E-state index is 0.458. The molecular weight excluding hydrogens is 379 g/mol. The number of hydrogen-bond donors (Lipinski definition) is 0. The van der Waals surface area contributed by atoms with Crippen LogP contribution >= 0.6 is 43.5 Å². The summed E-state index contributed by atoms with van der Waals surface area (Å²) in [6.45, 7) is 2.11.